The van der Waals surface area contributed by atoms with E-state index >= 15 is 0 Å². The van der Waals surface area contributed by atoms with Gasteiger partial charge in [-0.15, -0.1) is 11.8 Å². The summed E-state index contributed by atoms with van der Waals surface area (Å²) >= 11 is 4.99. The highest BCUT2D eigenvalue weighted by molar-refractivity contribution is 9.10. The fourth-order valence-corrected chi connectivity index (χ4v) is 3.19. The van der Waals surface area contributed by atoms with Crippen LogP contribution in [0, 0.1) is 11.6 Å². The molecule has 0 aromatic heterocycles. The molecule has 2 aromatic rings. The van der Waals surface area contributed by atoms with Crippen molar-refractivity contribution in [1.82, 2.24) is 0 Å². The van der Waals surface area contributed by atoms with Crippen LogP contribution in [0.1, 0.15) is 11.6 Å². The maximum Gasteiger partial charge on any atom is 0.126 e. The Kier molecular flexibility index (Phi) is 4.96. The van der Waals surface area contributed by atoms with E-state index in [-0.39, 0.29) is 0 Å². The van der Waals surface area contributed by atoms with Crippen molar-refractivity contribution in [3.63, 3.8) is 0 Å². The van der Waals surface area contributed by atoms with Gasteiger partial charge in [0.05, 0.1) is 0 Å². The number of benzene rings is 2. The van der Waals surface area contributed by atoms with E-state index in [1.807, 2.05) is 24.3 Å². The Morgan fingerprint density at radius 1 is 1.11 bits per heavy atom. The van der Waals surface area contributed by atoms with Gasteiger partial charge in [0, 0.05) is 27.2 Å². The number of thioether (sulfide) groups is 1. The summed E-state index contributed by atoms with van der Waals surface area (Å²) in [5.74, 6) is -0.654. The predicted octanol–water partition coefficient (Wildman–Crippen LogP) is 4.52. The summed E-state index contributed by atoms with van der Waals surface area (Å²) < 4.78 is 27.2. The summed E-state index contributed by atoms with van der Waals surface area (Å²) in [5.41, 5.74) is 6.43. The molecule has 5 heteroatoms. The van der Waals surface area contributed by atoms with Gasteiger partial charge >= 0.3 is 0 Å². The fraction of sp³-hybridized carbons (Fsp3) is 0.143. The van der Waals surface area contributed by atoms with Crippen LogP contribution in [-0.2, 0) is 0 Å². The third-order valence-corrected chi connectivity index (χ3v) is 4.71. The monoisotopic (exact) mass is 343 g/mol. The zero-order valence-electron chi connectivity index (χ0n) is 9.95. The number of hydrogen-bond acceptors (Lipinski definition) is 2. The van der Waals surface area contributed by atoms with Gasteiger partial charge in [0.25, 0.3) is 0 Å². The lowest BCUT2D eigenvalue weighted by molar-refractivity contribution is 0.576. The predicted molar refractivity (Wildman–Crippen MR) is 78.2 cm³/mol. The average molecular weight is 344 g/mol. The molecule has 2 N–H and O–H groups in total. The Hall–Kier alpha value is -0.910. The Bertz CT molecular complexity index is 557. The topological polar surface area (TPSA) is 26.0 Å². The van der Waals surface area contributed by atoms with Gasteiger partial charge in [0.2, 0.25) is 0 Å². The van der Waals surface area contributed by atoms with Crippen LogP contribution in [0.3, 0.4) is 0 Å². The van der Waals surface area contributed by atoms with Crippen molar-refractivity contribution in [3.8, 4) is 0 Å². The van der Waals surface area contributed by atoms with E-state index in [2.05, 4.69) is 15.9 Å². The van der Waals surface area contributed by atoms with Crippen LogP contribution in [-0.4, -0.2) is 5.75 Å². The Morgan fingerprint density at radius 2 is 1.74 bits per heavy atom. The quantitative estimate of drug-likeness (QED) is 0.826. The van der Waals surface area contributed by atoms with Gasteiger partial charge in [0.1, 0.15) is 11.6 Å². The van der Waals surface area contributed by atoms with Crippen molar-refractivity contribution in [1.29, 1.82) is 0 Å². The van der Waals surface area contributed by atoms with Gasteiger partial charge in [-0.25, -0.2) is 8.78 Å². The highest BCUT2D eigenvalue weighted by Crippen LogP contribution is 2.29. The first kappa shape index (κ1) is 14.5. The average Bonchev–Trinajstić information content (AvgIpc) is 2.36. The van der Waals surface area contributed by atoms with E-state index in [9.17, 15) is 8.78 Å². The first-order valence-electron chi connectivity index (χ1n) is 5.65. The second-order valence-corrected chi connectivity index (χ2v) is 5.97. The van der Waals surface area contributed by atoms with Crippen LogP contribution >= 0.6 is 27.7 Å². The van der Waals surface area contributed by atoms with Crippen molar-refractivity contribution < 1.29 is 8.78 Å². The molecule has 1 atom stereocenters. The molecule has 100 valence electrons. The van der Waals surface area contributed by atoms with Gasteiger partial charge in [-0.2, -0.15) is 0 Å². The first-order chi connectivity index (χ1) is 9.06. The smallest absolute Gasteiger partial charge is 0.126 e. The van der Waals surface area contributed by atoms with Crippen molar-refractivity contribution in [3.05, 3.63) is 64.1 Å². The van der Waals surface area contributed by atoms with Gasteiger partial charge < -0.3 is 5.73 Å². The van der Waals surface area contributed by atoms with E-state index in [1.165, 1.54) is 12.1 Å². The minimum atomic E-state index is -0.601. The lowest BCUT2D eigenvalue weighted by Gasteiger charge is -2.12. The molecular formula is C14H12BrF2NS. The van der Waals surface area contributed by atoms with E-state index in [1.54, 1.807) is 11.8 Å². The van der Waals surface area contributed by atoms with Crippen molar-refractivity contribution in [2.75, 3.05) is 5.75 Å². The standard InChI is InChI=1S/C14H12BrF2NS/c15-12-3-1-2-4-14(12)19-8-13(18)9-5-10(16)7-11(17)6-9/h1-7,13H,8,18H2. The summed E-state index contributed by atoms with van der Waals surface area (Å²) in [7, 11) is 0. The van der Waals surface area contributed by atoms with Crippen LogP contribution in [0.25, 0.3) is 0 Å². The zero-order valence-corrected chi connectivity index (χ0v) is 12.3. The molecule has 0 aliphatic carbocycles. The Morgan fingerprint density at radius 3 is 2.37 bits per heavy atom. The van der Waals surface area contributed by atoms with Gasteiger partial charge in [-0.1, -0.05) is 12.1 Å². The zero-order chi connectivity index (χ0) is 13.8. The third kappa shape index (κ3) is 4.03. The molecule has 2 aromatic carbocycles. The molecule has 0 heterocycles. The van der Waals surface area contributed by atoms with Crippen LogP contribution in [0.15, 0.2) is 51.8 Å². The number of rotatable bonds is 4. The number of hydrogen-bond donors (Lipinski definition) is 1. The summed E-state index contributed by atoms with van der Waals surface area (Å²) in [6.45, 7) is 0. The minimum absolute atomic E-state index is 0.415. The molecule has 0 amide bonds. The largest absolute Gasteiger partial charge is 0.323 e. The van der Waals surface area contributed by atoms with E-state index < -0.39 is 17.7 Å². The van der Waals surface area contributed by atoms with Gasteiger partial charge in [-0.05, 0) is 45.8 Å². The molecule has 0 radical (unpaired) electrons. The first-order valence-corrected chi connectivity index (χ1v) is 7.43. The van der Waals surface area contributed by atoms with E-state index in [0.29, 0.717) is 11.3 Å². The highest BCUT2D eigenvalue weighted by Gasteiger charge is 2.10. The molecule has 0 spiro atoms. The maximum atomic E-state index is 13.1. The second-order valence-electron chi connectivity index (χ2n) is 4.05. The van der Waals surface area contributed by atoms with Crippen LogP contribution < -0.4 is 5.73 Å². The summed E-state index contributed by atoms with van der Waals surface area (Å²) in [5, 5.41) is 0. The molecule has 0 aliphatic heterocycles. The van der Waals surface area contributed by atoms with E-state index in [4.69, 9.17) is 5.73 Å². The lowest BCUT2D eigenvalue weighted by atomic mass is 10.1. The Labute approximate surface area is 123 Å². The molecule has 0 saturated heterocycles. The molecule has 0 bridgehead atoms. The normalized spacial score (nSPS) is 12.4. The van der Waals surface area contributed by atoms with Gasteiger partial charge in [-0.3, -0.25) is 0 Å². The van der Waals surface area contributed by atoms with Crippen LogP contribution in [0.2, 0.25) is 0 Å². The number of halogens is 3. The summed E-state index contributed by atoms with van der Waals surface area (Å²) in [6.07, 6.45) is 0. The fourth-order valence-electron chi connectivity index (χ4n) is 1.63. The van der Waals surface area contributed by atoms with Crippen molar-refractivity contribution in [2.45, 2.75) is 10.9 Å². The Balaban J connectivity index is 2.05. The summed E-state index contributed by atoms with van der Waals surface area (Å²) in [6, 6.07) is 10.7. The highest BCUT2D eigenvalue weighted by atomic mass is 79.9. The third-order valence-electron chi connectivity index (χ3n) is 2.57. The molecule has 0 saturated carbocycles. The molecule has 19 heavy (non-hydrogen) atoms. The molecule has 1 nitrogen and oxygen atoms in total. The van der Waals surface area contributed by atoms with Crippen molar-refractivity contribution in [2.24, 2.45) is 5.73 Å². The lowest BCUT2D eigenvalue weighted by Crippen LogP contribution is -2.13. The number of nitrogens with two attached hydrogens (primary N) is 1. The second kappa shape index (κ2) is 6.50. The van der Waals surface area contributed by atoms with Crippen molar-refractivity contribution >= 4 is 27.7 Å². The van der Waals surface area contributed by atoms with E-state index in [0.717, 1.165) is 15.4 Å². The van der Waals surface area contributed by atoms with Gasteiger partial charge in [0.15, 0.2) is 0 Å². The SMILES string of the molecule is NC(CSc1ccccc1Br)c1cc(F)cc(F)c1. The molecule has 2 rings (SSSR count). The molecular weight excluding hydrogens is 332 g/mol. The van der Waals surface area contributed by atoms with Crippen LogP contribution in [0.5, 0.6) is 0 Å². The molecule has 0 aliphatic rings. The maximum absolute atomic E-state index is 13.1. The molecule has 1 unspecified atom stereocenters. The van der Waals surface area contributed by atoms with Crippen LogP contribution in [0.4, 0.5) is 8.78 Å². The minimum Gasteiger partial charge on any atom is -0.323 e. The summed E-state index contributed by atoms with van der Waals surface area (Å²) in [4.78, 5) is 1.05. The molecule has 0 fully saturated rings.